The molecule has 3 heterocycles. The van der Waals surface area contributed by atoms with Gasteiger partial charge in [0.05, 0.1) is 5.69 Å². The molecule has 176 valence electrons. The van der Waals surface area contributed by atoms with Crippen LogP contribution in [0.1, 0.15) is 54.7 Å². The van der Waals surface area contributed by atoms with Crippen molar-refractivity contribution in [3.63, 3.8) is 0 Å². The van der Waals surface area contributed by atoms with E-state index in [1.54, 1.807) is 14.1 Å². The molecular weight excluding hydrogens is 421 g/mol. The van der Waals surface area contributed by atoms with Crippen molar-refractivity contribution >= 4 is 17.9 Å². The van der Waals surface area contributed by atoms with E-state index in [1.165, 1.54) is 23.6 Å². The molecule has 2 aromatic heterocycles. The van der Waals surface area contributed by atoms with Gasteiger partial charge in [0.25, 0.3) is 5.91 Å². The van der Waals surface area contributed by atoms with Gasteiger partial charge in [-0.1, -0.05) is 32.9 Å². The van der Waals surface area contributed by atoms with Crippen molar-refractivity contribution in [2.24, 2.45) is 0 Å². The first-order valence-electron chi connectivity index (χ1n) is 10.6. The van der Waals surface area contributed by atoms with E-state index in [0.29, 0.717) is 6.54 Å². The van der Waals surface area contributed by atoms with Gasteiger partial charge in [0.2, 0.25) is 5.95 Å². The normalized spacial score (nSPS) is 16.0. The molecule has 0 radical (unpaired) electrons. The summed E-state index contributed by atoms with van der Waals surface area (Å²) in [7, 11) is 3.11. The van der Waals surface area contributed by atoms with E-state index in [0.717, 1.165) is 25.6 Å². The number of nitrogens with one attached hydrogen (secondary N) is 3. The molecule has 0 aromatic carbocycles. The topological polar surface area (TPSA) is 85.9 Å². The number of piperidine rings is 1. The van der Waals surface area contributed by atoms with Crippen molar-refractivity contribution in [1.82, 2.24) is 25.2 Å². The third-order valence-electron chi connectivity index (χ3n) is 4.72. The zero-order chi connectivity index (χ0) is 23.9. The monoisotopic (exact) mass is 452 g/mol. The fraction of sp³-hybridized carbons (Fsp3) is 0.500. The van der Waals surface area contributed by atoms with Crippen LogP contribution in [-0.2, 0) is 6.18 Å². The number of amides is 1. The predicted octanol–water partition coefficient (Wildman–Crippen LogP) is 4.42. The highest BCUT2D eigenvalue weighted by Crippen LogP contribution is 2.38. The number of alkyl halides is 3. The van der Waals surface area contributed by atoms with Gasteiger partial charge in [-0.25, -0.2) is 9.97 Å². The highest BCUT2D eigenvalue weighted by atomic mass is 19.4. The summed E-state index contributed by atoms with van der Waals surface area (Å²) in [5.41, 5.74) is -0.723. The van der Waals surface area contributed by atoms with E-state index in [9.17, 15) is 18.0 Å². The Labute approximate surface area is 186 Å². The fourth-order valence-corrected chi connectivity index (χ4v) is 3.26. The Hall–Kier alpha value is -2.88. The van der Waals surface area contributed by atoms with E-state index in [-0.39, 0.29) is 40.4 Å². The second-order valence-corrected chi connectivity index (χ2v) is 7.74. The minimum Gasteiger partial charge on any atom is -0.356 e. The van der Waals surface area contributed by atoms with E-state index in [4.69, 9.17) is 0 Å². The number of anilines is 1. The zero-order valence-corrected chi connectivity index (χ0v) is 18.9. The molecular formula is C22H31F3N6O. The minimum atomic E-state index is -4.65. The summed E-state index contributed by atoms with van der Waals surface area (Å²) in [5.74, 6) is -0.265. The number of H-pyrrole nitrogens is 1. The first kappa shape index (κ1) is 25.4. The summed E-state index contributed by atoms with van der Waals surface area (Å²) in [6, 6.07) is 0.0318. The third kappa shape index (κ3) is 6.09. The van der Waals surface area contributed by atoms with Crippen LogP contribution < -0.4 is 10.6 Å². The maximum Gasteiger partial charge on any atom is 0.419 e. The van der Waals surface area contributed by atoms with Crippen LogP contribution >= 0.6 is 0 Å². The van der Waals surface area contributed by atoms with Crippen LogP contribution in [0.4, 0.5) is 19.1 Å². The first-order chi connectivity index (χ1) is 15.1. The number of halogens is 3. The van der Waals surface area contributed by atoms with Crippen LogP contribution in [0.5, 0.6) is 0 Å². The lowest BCUT2D eigenvalue weighted by Gasteiger charge is -2.24. The number of aromatic nitrogens is 3. The van der Waals surface area contributed by atoms with Crippen LogP contribution in [0.3, 0.4) is 0 Å². The van der Waals surface area contributed by atoms with Crippen molar-refractivity contribution in [3.8, 4) is 11.3 Å². The van der Waals surface area contributed by atoms with Crippen molar-refractivity contribution in [1.29, 1.82) is 0 Å². The highest BCUT2D eigenvalue weighted by Gasteiger charge is 2.36. The number of rotatable bonds is 5. The molecule has 2 aromatic rings. The second-order valence-electron chi connectivity index (χ2n) is 7.74. The molecule has 1 aliphatic heterocycles. The number of hydrogen-bond donors (Lipinski definition) is 3. The number of carbonyl (C=O) groups is 1. The number of aromatic amines is 1. The van der Waals surface area contributed by atoms with Crippen LogP contribution in [0.2, 0.25) is 0 Å². The van der Waals surface area contributed by atoms with Crippen molar-refractivity contribution in [2.45, 2.75) is 45.3 Å². The molecule has 7 nitrogen and oxygen atoms in total. The molecule has 32 heavy (non-hydrogen) atoms. The molecule has 0 saturated carbocycles. The van der Waals surface area contributed by atoms with E-state index < -0.39 is 11.7 Å². The molecule has 1 unspecified atom stereocenters. The Balaban J connectivity index is 0.00000114. The quantitative estimate of drug-likeness (QED) is 0.626. The number of carbonyl (C=O) groups excluding carboxylic acids is 1. The molecule has 0 aliphatic carbocycles. The summed E-state index contributed by atoms with van der Waals surface area (Å²) in [5, 5.41) is 6.31. The van der Waals surface area contributed by atoms with Gasteiger partial charge >= 0.3 is 6.18 Å². The molecule has 1 saturated heterocycles. The van der Waals surface area contributed by atoms with Crippen molar-refractivity contribution < 1.29 is 18.0 Å². The lowest BCUT2D eigenvalue weighted by Crippen LogP contribution is -2.38. The maximum absolute atomic E-state index is 13.6. The molecule has 0 bridgehead atoms. The van der Waals surface area contributed by atoms with E-state index in [2.05, 4.69) is 46.0 Å². The Morgan fingerprint density at radius 1 is 1.38 bits per heavy atom. The van der Waals surface area contributed by atoms with Gasteiger partial charge in [-0.15, -0.1) is 0 Å². The molecule has 0 spiro atoms. The standard InChI is InChI=1S/C19H23F3N6O.C3H8/c1-4-12-13(9-24-16(12)17(29)28(2)3)15-14(19(20,21)22)10-25-18(27-15)26-11-6-5-7-23-8-11;1-3-2/h4,9-11,23-24H,1,5-8H2,2-3H3,(H,25,26,27);3H2,1-2H3. The van der Waals surface area contributed by atoms with Crippen molar-refractivity contribution in [3.05, 3.63) is 35.8 Å². The van der Waals surface area contributed by atoms with Gasteiger partial charge in [-0.3, -0.25) is 4.79 Å². The smallest absolute Gasteiger partial charge is 0.356 e. The summed E-state index contributed by atoms with van der Waals surface area (Å²) in [6.45, 7) is 9.50. The lowest BCUT2D eigenvalue weighted by molar-refractivity contribution is -0.137. The summed E-state index contributed by atoms with van der Waals surface area (Å²) < 4.78 is 40.9. The van der Waals surface area contributed by atoms with Gasteiger partial charge in [0, 0.05) is 50.2 Å². The Morgan fingerprint density at radius 2 is 2.06 bits per heavy atom. The Morgan fingerprint density at radius 3 is 2.59 bits per heavy atom. The number of hydrogen-bond acceptors (Lipinski definition) is 5. The summed E-state index contributed by atoms with van der Waals surface area (Å²) in [6.07, 6.45) is 1.89. The molecule has 3 rings (SSSR count). The molecule has 1 amide bonds. The van der Waals surface area contributed by atoms with Crippen LogP contribution in [0.15, 0.2) is 19.0 Å². The van der Waals surface area contributed by atoms with Crippen molar-refractivity contribution in [2.75, 3.05) is 32.5 Å². The minimum absolute atomic E-state index is 0.0318. The van der Waals surface area contributed by atoms with Gasteiger partial charge < -0.3 is 20.5 Å². The van der Waals surface area contributed by atoms with Crippen LogP contribution in [-0.4, -0.2) is 59.0 Å². The molecule has 3 N–H and O–H groups in total. The van der Waals surface area contributed by atoms with Crippen LogP contribution in [0.25, 0.3) is 17.3 Å². The predicted molar refractivity (Wildman–Crippen MR) is 120 cm³/mol. The third-order valence-corrected chi connectivity index (χ3v) is 4.72. The van der Waals surface area contributed by atoms with Gasteiger partial charge in [0.1, 0.15) is 11.3 Å². The zero-order valence-electron chi connectivity index (χ0n) is 18.9. The Kier molecular flexibility index (Phi) is 8.82. The first-order valence-corrected chi connectivity index (χ1v) is 10.6. The molecule has 1 fully saturated rings. The molecule has 1 atom stereocenters. The van der Waals surface area contributed by atoms with Gasteiger partial charge in [-0.05, 0) is 19.4 Å². The molecule has 10 heteroatoms. The highest BCUT2D eigenvalue weighted by molar-refractivity contribution is 5.98. The lowest BCUT2D eigenvalue weighted by atomic mass is 10.0. The van der Waals surface area contributed by atoms with Crippen LogP contribution in [0, 0.1) is 0 Å². The SMILES string of the molecule is C=Cc1c(-c2nc(NC3CCCNC3)ncc2C(F)(F)F)c[nH]c1C(=O)N(C)C.CCC. The maximum atomic E-state index is 13.6. The second kappa shape index (κ2) is 11.1. The Bertz CT molecular complexity index is 917. The largest absolute Gasteiger partial charge is 0.419 e. The summed E-state index contributed by atoms with van der Waals surface area (Å²) in [4.78, 5) is 24.5. The fourth-order valence-electron chi connectivity index (χ4n) is 3.26. The molecule has 1 aliphatic rings. The van der Waals surface area contributed by atoms with Gasteiger partial charge in [-0.2, -0.15) is 13.2 Å². The summed E-state index contributed by atoms with van der Waals surface area (Å²) >= 11 is 0. The average Bonchev–Trinajstić information content (AvgIpc) is 3.17. The van der Waals surface area contributed by atoms with E-state index >= 15 is 0 Å². The number of nitrogens with zero attached hydrogens (tertiary/aromatic N) is 3. The average molecular weight is 453 g/mol. The van der Waals surface area contributed by atoms with Gasteiger partial charge in [0.15, 0.2) is 0 Å². The van der Waals surface area contributed by atoms with E-state index in [1.807, 2.05) is 0 Å².